The summed E-state index contributed by atoms with van der Waals surface area (Å²) in [6.45, 7) is 0. The van der Waals surface area contributed by atoms with E-state index in [0.717, 1.165) is 43.4 Å². The van der Waals surface area contributed by atoms with Gasteiger partial charge in [-0.15, -0.1) is 0 Å². The molecule has 0 radical (unpaired) electrons. The normalized spacial score (nSPS) is 16.2. The maximum atomic E-state index is 9.30. The van der Waals surface area contributed by atoms with Gasteiger partial charge in [-0.2, -0.15) is 9.97 Å². The summed E-state index contributed by atoms with van der Waals surface area (Å²) in [5, 5.41) is 6.74. The average Bonchev–Trinajstić information content (AvgIpc) is 3.12. The van der Waals surface area contributed by atoms with E-state index in [1.807, 2.05) is 78.9 Å². The minimum atomic E-state index is -0.789. The van der Waals surface area contributed by atoms with Gasteiger partial charge in [0.2, 0.25) is 5.95 Å². The fraction of sp³-hybridized carbons (Fsp3) is 0. The predicted octanol–water partition coefficient (Wildman–Crippen LogP) is 14.5. The Labute approximate surface area is 383 Å². The SMILES string of the molecule is [2H]c1c([2H])c([2H])c(-c2nc(-c3c([2H])c([2H])c(-c4c([2H])c([2H])c([2H])c([2H])c4[2H])c([2H])c3[2H])nc(-n3c4ccccc4c4cc(-c5ccc6c(c5)c5cccc7c5c5c6cccc5n7-c5c([2H])c([2H])c([2H])c([2H])c5[2H])ccc43)n2)c([2H])c1[2H]. The van der Waals surface area contributed by atoms with Crippen LogP contribution in [-0.2, 0) is 0 Å². The molecule has 0 aliphatic carbocycles. The van der Waals surface area contributed by atoms with Crippen molar-refractivity contribution in [2.24, 2.45) is 0 Å². The van der Waals surface area contributed by atoms with Gasteiger partial charge >= 0.3 is 0 Å². The topological polar surface area (TPSA) is 48.5 Å². The number of hydrogen-bond donors (Lipinski definition) is 0. The Morgan fingerprint density at radius 2 is 0.823 bits per heavy atom. The highest BCUT2D eigenvalue weighted by molar-refractivity contribution is 6.34. The van der Waals surface area contributed by atoms with Crippen LogP contribution in [0.15, 0.2) is 212 Å². The summed E-state index contributed by atoms with van der Waals surface area (Å²) >= 11 is 0. The number of aromatic nitrogens is 5. The van der Waals surface area contributed by atoms with Crippen molar-refractivity contribution in [1.29, 1.82) is 0 Å². The van der Waals surface area contributed by atoms with Crippen LogP contribution in [0, 0.1) is 0 Å². The van der Waals surface area contributed by atoms with E-state index in [9.17, 15) is 2.74 Å². The first-order chi connectivity index (χ1) is 38.6. The summed E-state index contributed by atoms with van der Waals surface area (Å²) in [7, 11) is 0. The van der Waals surface area contributed by atoms with Crippen molar-refractivity contribution in [2.45, 2.75) is 0 Å². The second-order valence-electron chi connectivity index (χ2n) is 14.6. The molecule has 0 amide bonds. The van der Waals surface area contributed by atoms with Crippen molar-refractivity contribution in [2.75, 3.05) is 0 Å². The van der Waals surface area contributed by atoms with E-state index >= 15 is 0 Å². The van der Waals surface area contributed by atoms with Crippen LogP contribution in [0.5, 0.6) is 0 Å². The second-order valence-corrected chi connectivity index (χ2v) is 14.6. The van der Waals surface area contributed by atoms with Crippen molar-refractivity contribution in [3.63, 3.8) is 0 Å². The molecular weight excluding hydrogens is 755 g/mol. The van der Waals surface area contributed by atoms with Crippen molar-refractivity contribution < 1.29 is 26.0 Å². The zero-order valence-corrected chi connectivity index (χ0v) is 32.0. The van der Waals surface area contributed by atoms with Gasteiger partial charge in [-0.05, 0) is 92.3 Å². The smallest absolute Gasteiger partial charge is 0.238 e. The average molecular weight is 809 g/mol. The number of benzene rings is 10. The first kappa shape index (κ1) is 20.7. The summed E-state index contributed by atoms with van der Waals surface area (Å²) in [4.78, 5) is 14.0. The van der Waals surface area contributed by atoms with Gasteiger partial charge in [-0.3, -0.25) is 4.57 Å². The molecule has 5 heteroatoms. The molecular formula is C57H35N5. The van der Waals surface area contributed by atoms with E-state index < -0.39 is 137 Å². The largest absolute Gasteiger partial charge is 0.309 e. The van der Waals surface area contributed by atoms with Gasteiger partial charge in [0.1, 0.15) is 0 Å². The van der Waals surface area contributed by atoms with Gasteiger partial charge in [0.05, 0.1) is 48.1 Å². The molecule has 0 aliphatic rings. The molecule has 0 aliphatic heterocycles. The van der Waals surface area contributed by atoms with E-state index in [4.69, 9.17) is 33.3 Å². The molecule has 13 rings (SSSR count). The van der Waals surface area contributed by atoms with Crippen molar-refractivity contribution in [3.05, 3.63) is 212 Å². The molecule has 0 bridgehead atoms. The van der Waals surface area contributed by atoms with Gasteiger partial charge in [-0.25, -0.2) is 4.98 Å². The Morgan fingerprint density at radius 3 is 1.52 bits per heavy atom. The Morgan fingerprint density at radius 1 is 0.323 bits per heavy atom. The van der Waals surface area contributed by atoms with E-state index in [2.05, 4.69) is 11.1 Å². The Hall–Kier alpha value is -8.41. The Balaban J connectivity index is 1.03. The first-order valence-electron chi connectivity index (χ1n) is 29.0. The fourth-order valence-corrected chi connectivity index (χ4v) is 8.68. The summed E-state index contributed by atoms with van der Waals surface area (Å²) < 4.78 is 168. The number of hydrogen-bond acceptors (Lipinski definition) is 3. The van der Waals surface area contributed by atoms with Crippen molar-refractivity contribution >= 4 is 65.2 Å². The minimum absolute atomic E-state index is 0.0449. The van der Waals surface area contributed by atoms with Crippen LogP contribution in [0.4, 0.5) is 0 Å². The summed E-state index contributed by atoms with van der Waals surface area (Å²) in [6, 6.07) is 18.4. The van der Waals surface area contributed by atoms with E-state index in [1.165, 1.54) is 0 Å². The van der Waals surface area contributed by atoms with Gasteiger partial charge in [0.15, 0.2) is 11.6 Å². The molecule has 0 saturated carbocycles. The molecule has 288 valence electrons. The lowest BCUT2D eigenvalue weighted by atomic mass is 9.92. The zero-order chi connectivity index (χ0) is 57.3. The molecule has 0 atom stereocenters. The molecule has 13 aromatic rings. The molecule has 10 aromatic carbocycles. The number of para-hydroxylation sites is 2. The molecule has 62 heavy (non-hydrogen) atoms. The fourth-order valence-electron chi connectivity index (χ4n) is 8.68. The highest BCUT2D eigenvalue weighted by Gasteiger charge is 2.21. The van der Waals surface area contributed by atoms with Crippen molar-refractivity contribution in [1.82, 2.24) is 24.1 Å². The summed E-state index contributed by atoms with van der Waals surface area (Å²) in [6.07, 6.45) is 0. The summed E-state index contributed by atoms with van der Waals surface area (Å²) in [5.41, 5.74) is 1.97. The molecule has 0 spiro atoms. The minimum Gasteiger partial charge on any atom is -0.309 e. The van der Waals surface area contributed by atoms with Crippen LogP contribution >= 0.6 is 0 Å². The van der Waals surface area contributed by atoms with Crippen LogP contribution in [0.1, 0.15) is 26.0 Å². The molecule has 5 nitrogen and oxygen atoms in total. The third-order valence-corrected chi connectivity index (χ3v) is 11.3. The second kappa shape index (κ2) is 13.6. The molecule has 0 N–H and O–H groups in total. The van der Waals surface area contributed by atoms with Crippen LogP contribution in [0.2, 0.25) is 0 Å². The number of rotatable bonds is 6. The van der Waals surface area contributed by atoms with Crippen LogP contribution in [0.25, 0.3) is 122 Å². The third-order valence-electron chi connectivity index (χ3n) is 11.3. The zero-order valence-electron chi connectivity index (χ0n) is 51.0. The summed E-state index contributed by atoms with van der Waals surface area (Å²) in [5.74, 6) is -1.16. The maximum absolute atomic E-state index is 9.30. The number of nitrogens with zero attached hydrogens (tertiary/aromatic N) is 5. The molecule has 3 heterocycles. The van der Waals surface area contributed by atoms with Gasteiger partial charge in [0.25, 0.3) is 0 Å². The van der Waals surface area contributed by atoms with E-state index in [0.29, 0.717) is 32.8 Å². The first-order valence-corrected chi connectivity index (χ1v) is 19.5. The lowest BCUT2D eigenvalue weighted by Crippen LogP contribution is -2.06. The number of fused-ring (bicyclic) bond motifs is 6. The highest BCUT2D eigenvalue weighted by Crippen LogP contribution is 2.45. The predicted molar refractivity (Wildman–Crippen MR) is 256 cm³/mol. The van der Waals surface area contributed by atoms with Crippen LogP contribution < -0.4 is 0 Å². The molecule has 0 unspecified atom stereocenters. The van der Waals surface area contributed by atoms with Crippen LogP contribution in [0.3, 0.4) is 0 Å². The standard InChI is InChI=1S/C57H35N5/c1-4-14-36(15-5-1)37-26-28-39(29-27-37)56-58-55(38-16-6-2-7-17-38)59-57(60-56)62-49-23-11-10-20-44(49)48-35-41(31-33-50(48)62)40-30-32-43-45-21-12-24-51-53(45)54-46(47(43)34-40)22-13-25-52(54)61(51)42-18-8-3-9-19-42/h1-35H/i1D,2D,3D,4D,5D,6D,7D,8D,9D,14D,15D,16D,17D,18D,19D,26D,27D,28D,29D. The molecule has 0 saturated heterocycles. The van der Waals surface area contributed by atoms with Gasteiger partial charge < -0.3 is 4.57 Å². The lowest BCUT2D eigenvalue weighted by molar-refractivity contribution is 0.953. The Bertz CT molecular complexity index is 4900. The molecule has 0 fully saturated rings. The van der Waals surface area contributed by atoms with E-state index in [1.54, 1.807) is 21.3 Å². The lowest BCUT2D eigenvalue weighted by Gasteiger charge is -2.12. The molecule has 3 aromatic heterocycles. The monoisotopic (exact) mass is 808 g/mol. The quantitative estimate of drug-likeness (QED) is 0.157. The van der Waals surface area contributed by atoms with Gasteiger partial charge in [-0.1, -0.05) is 163 Å². The highest BCUT2D eigenvalue weighted by atomic mass is 15.2. The van der Waals surface area contributed by atoms with Crippen LogP contribution in [-0.4, -0.2) is 24.1 Å². The van der Waals surface area contributed by atoms with Crippen molar-refractivity contribution in [3.8, 4) is 56.7 Å². The maximum Gasteiger partial charge on any atom is 0.238 e. The van der Waals surface area contributed by atoms with Gasteiger partial charge in [0, 0.05) is 38.4 Å². The van der Waals surface area contributed by atoms with E-state index in [-0.39, 0.29) is 23.7 Å². The Kier molecular flexibility index (Phi) is 4.53. The third kappa shape index (κ3) is 5.25.